The molecule has 1 amide bonds. The van der Waals surface area contributed by atoms with Crippen LogP contribution in [0.5, 0.6) is 0 Å². The highest BCUT2D eigenvalue weighted by Gasteiger charge is 2.15. The number of alkyl halides is 1. The van der Waals surface area contributed by atoms with Crippen molar-refractivity contribution in [2.75, 3.05) is 5.33 Å². The van der Waals surface area contributed by atoms with E-state index in [0.717, 1.165) is 11.8 Å². The summed E-state index contributed by atoms with van der Waals surface area (Å²) in [6, 6.07) is 10.6. The number of pyridine rings is 1. The van der Waals surface area contributed by atoms with Gasteiger partial charge in [-0.3, -0.25) is 9.78 Å². The maximum atomic E-state index is 13.0. The van der Waals surface area contributed by atoms with E-state index in [4.69, 9.17) is 0 Å². The fourth-order valence-electron chi connectivity index (χ4n) is 1.67. The molecule has 1 aromatic heterocycles. The van der Waals surface area contributed by atoms with Gasteiger partial charge in [0.25, 0.3) is 5.91 Å². The van der Waals surface area contributed by atoms with E-state index in [1.807, 2.05) is 30.3 Å². The number of carbonyl (C=O) groups is 1. The van der Waals surface area contributed by atoms with Crippen molar-refractivity contribution in [1.82, 2.24) is 10.3 Å². The molecule has 0 aliphatic rings. The Balaban J connectivity index is 2.13. The van der Waals surface area contributed by atoms with E-state index in [-0.39, 0.29) is 17.5 Å². The van der Waals surface area contributed by atoms with Crippen LogP contribution >= 0.6 is 15.9 Å². The number of benzene rings is 1. The maximum absolute atomic E-state index is 13.0. The van der Waals surface area contributed by atoms with E-state index in [2.05, 4.69) is 26.2 Å². The summed E-state index contributed by atoms with van der Waals surface area (Å²) >= 11 is 3.36. The van der Waals surface area contributed by atoms with Crippen LogP contribution < -0.4 is 5.32 Å². The lowest BCUT2D eigenvalue weighted by Crippen LogP contribution is -2.29. The Kier molecular flexibility index (Phi) is 4.63. The van der Waals surface area contributed by atoms with Gasteiger partial charge in [0.05, 0.1) is 17.8 Å². The maximum Gasteiger partial charge on any atom is 0.253 e. The van der Waals surface area contributed by atoms with Crippen LogP contribution in [0.1, 0.15) is 22.0 Å². The largest absolute Gasteiger partial charge is 0.344 e. The predicted octanol–water partition coefficient (Wildman–Crippen LogP) is 3.09. The molecule has 0 spiro atoms. The summed E-state index contributed by atoms with van der Waals surface area (Å²) in [6.45, 7) is 0. The second-order valence-electron chi connectivity index (χ2n) is 3.98. The molecule has 98 valence electrons. The Morgan fingerprint density at radius 2 is 2.05 bits per heavy atom. The van der Waals surface area contributed by atoms with E-state index in [1.54, 1.807) is 0 Å². The van der Waals surface area contributed by atoms with Gasteiger partial charge >= 0.3 is 0 Å². The van der Waals surface area contributed by atoms with Crippen LogP contribution in [-0.4, -0.2) is 16.2 Å². The number of amides is 1. The van der Waals surface area contributed by atoms with E-state index in [0.29, 0.717) is 5.33 Å². The molecule has 0 fully saturated rings. The number of rotatable bonds is 4. The van der Waals surface area contributed by atoms with Crippen molar-refractivity contribution in [3.8, 4) is 0 Å². The van der Waals surface area contributed by atoms with Crippen LogP contribution in [-0.2, 0) is 0 Å². The molecule has 0 radical (unpaired) electrons. The number of aromatic nitrogens is 1. The third-order valence-corrected chi connectivity index (χ3v) is 3.28. The van der Waals surface area contributed by atoms with Gasteiger partial charge in [0, 0.05) is 11.5 Å². The molecule has 0 bridgehead atoms. The van der Waals surface area contributed by atoms with E-state index >= 15 is 0 Å². The molecular formula is C14H12BrFN2O. The summed E-state index contributed by atoms with van der Waals surface area (Å²) in [4.78, 5) is 15.7. The highest BCUT2D eigenvalue weighted by Crippen LogP contribution is 2.15. The van der Waals surface area contributed by atoms with Gasteiger partial charge in [-0.2, -0.15) is 0 Å². The van der Waals surface area contributed by atoms with Crippen molar-refractivity contribution in [3.05, 3.63) is 65.7 Å². The highest BCUT2D eigenvalue weighted by atomic mass is 79.9. The van der Waals surface area contributed by atoms with Crippen molar-refractivity contribution >= 4 is 21.8 Å². The summed E-state index contributed by atoms with van der Waals surface area (Å²) in [6.07, 6.45) is 2.41. The Morgan fingerprint density at radius 3 is 2.68 bits per heavy atom. The summed E-state index contributed by atoms with van der Waals surface area (Å²) in [5, 5.41) is 3.41. The van der Waals surface area contributed by atoms with Crippen LogP contribution in [0.4, 0.5) is 4.39 Å². The van der Waals surface area contributed by atoms with Crippen LogP contribution in [0.2, 0.25) is 0 Å². The monoisotopic (exact) mass is 322 g/mol. The van der Waals surface area contributed by atoms with Gasteiger partial charge < -0.3 is 5.32 Å². The lowest BCUT2D eigenvalue weighted by Gasteiger charge is -2.16. The van der Waals surface area contributed by atoms with Crippen molar-refractivity contribution in [2.45, 2.75) is 6.04 Å². The van der Waals surface area contributed by atoms with Gasteiger partial charge in [0.15, 0.2) is 0 Å². The van der Waals surface area contributed by atoms with Crippen molar-refractivity contribution < 1.29 is 9.18 Å². The molecule has 0 saturated carbocycles. The number of carbonyl (C=O) groups excluding carboxylic acids is 1. The molecule has 0 saturated heterocycles. The second kappa shape index (κ2) is 6.43. The van der Waals surface area contributed by atoms with Crippen LogP contribution in [0.25, 0.3) is 0 Å². The first-order chi connectivity index (χ1) is 9.20. The molecule has 1 heterocycles. The Morgan fingerprint density at radius 1 is 1.32 bits per heavy atom. The zero-order chi connectivity index (χ0) is 13.7. The minimum atomic E-state index is -0.525. The molecule has 2 aromatic rings. The molecule has 1 aromatic carbocycles. The number of hydrogen-bond acceptors (Lipinski definition) is 2. The molecule has 3 nitrogen and oxygen atoms in total. The van der Waals surface area contributed by atoms with Gasteiger partial charge in [-0.1, -0.05) is 46.3 Å². The summed E-state index contributed by atoms with van der Waals surface area (Å²) in [5.74, 6) is -0.872. The third kappa shape index (κ3) is 3.61. The fourth-order valence-corrected chi connectivity index (χ4v) is 2.21. The quantitative estimate of drug-likeness (QED) is 0.879. The van der Waals surface area contributed by atoms with Crippen molar-refractivity contribution in [3.63, 3.8) is 0 Å². The van der Waals surface area contributed by atoms with E-state index in [1.165, 1.54) is 12.3 Å². The van der Waals surface area contributed by atoms with Gasteiger partial charge in [0.2, 0.25) is 0 Å². The Bertz CT molecular complexity index is 562. The first-order valence-electron chi connectivity index (χ1n) is 5.73. The molecule has 5 heteroatoms. The van der Waals surface area contributed by atoms with Gasteiger partial charge in [0.1, 0.15) is 5.82 Å². The number of halogens is 2. The van der Waals surface area contributed by atoms with E-state index in [9.17, 15) is 9.18 Å². The predicted molar refractivity (Wildman–Crippen MR) is 74.6 cm³/mol. The fraction of sp³-hybridized carbons (Fsp3) is 0.143. The molecule has 0 aliphatic heterocycles. The van der Waals surface area contributed by atoms with Crippen LogP contribution in [0.3, 0.4) is 0 Å². The Labute approximate surface area is 119 Å². The topological polar surface area (TPSA) is 42.0 Å². The summed E-state index contributed by atoms with van der Waals surface area (Å²) in [5.41, 5.74) is 1.19. The average molecular weight is 323 g/mol. The zero-order valence-electron chi connectivity index (χ0n) is 10.0. The molecule has 1 unspecified atom stereocenters. The van der Waals surface area contributed by atoms with Crippen LogP contribution in [0, 0.1) is 5.82 Å². The highest BCUT2D eigenvalue weighted by molar-refractivity contribution is 9.09. The lowest BCUT2D eigenvalue weighted by atomic mass is 10.1. The van der Waals surface area contributed by atoms with Gasteiger partial charge in [-0.25, -0.2) is 4.39 Å². The molecule has 2 rings (SSSR count). The summed E-state index contributed by atoms with van der Waals surface area (Å²) in [7, 11) is 0. The molecule has 1 atom stereocenters. The van der Waals surface area contributed by atoms with E-state index < -0.39 is 5.82 Å². The third-order valence-electron chi connectivity index (χ3n) is 2.63. The normalized spacial score (nSPS) is 11.9. The van der Waals surface area contributed by atoms with Gasteiger partial charge in [-0.15, -0.1) is 0 Å². The smallest absolute Gasteiger partial charge is 0.253 e. The zero-order valence-corrected chi connectivity index (χ0v) is 11.6. The number of nitrogens with one attached hydrogen (secondary N) is 1. The summed E-state index contributed by atoms with van der Waals surface area (Å²) < 4.78 is 13.0. The molecular weight excluding hydrogens is 311 g/mol. The standard InChI is InChI=1S/C14H12BrFN2O/c15-7-13(10-4-2-1-3-5-10)18-14(19)11-6-12(16)9-17-8-11/h1-6,8-9,13H,7H2,(H,18,19). The first-order valence-corrected chi connectivity index (χ1v) is 6.85. The Hall–Kier alpha value is -1.75. The lowest BCUT2D eigenvalue weighted by molar-refractivity contribution is 0.0940. The number of nitrogens with zero attached hydrogens (tertiary/aromatic N) is 1. The second-order valence-corrected chi connectivity index (χ2v) is 4.63. The minimum absolute atomic E-state index is 0.169. The van der Waals surface area contributed by atoms with Crippen molar-refractivity contribution in [2.24, 2.45) is 0 Å². The molecule has 19 heavy (non-hydrogen) atoms. The van der Waals surface area contributed by atoms with Crippen LogP contribution in [0.15, 0.2) is 48.8 Å². The minimum Gasteiger partial charge on any atom is -0.344 e. The van der Waals surface area contributed by atoms with Crippen molar-refractivity contribution in [1.29, 1.82) is 0 Å². The molecule has 1 N–H and O–H groups in total. The molecule has 0 aliphatic carbocycles. The van der Waals surface area contributed by atoms with Gasteiger partial charge in [-0.05, 0) is 11.6 Å². The number of hydrogen-bond donors (Lipinski definition) is 1. The SMILES string of the molecule is O=C(NC(CBr)c1ccccc1)c1cncc(F)c1. The first kappa shape index (κ1) is 13.7. The average Bonchev–Trinajstić information content (AvgIpc) is 2.45.